The lowest BCUT2D eigenvalue weighted by Gasteiger charge is -2.23. The van der Waals surface area contributed by atoms with Crippen LogP contribution < -0.4 is 21.5 Å². The van der Waals surface area contributed by atoms with Gasteiger partial charge >= 0.3 is 0 Å². The van der Waals surface area contributed by atoms with Gasteiger partial charge in [-0.15, -0.1) is 0 Å². The minimum Gasteiger partial charge on any atom is -0.368 e. The number of pyridine rings is 1. The zero-order valence-electron chi connectivity index (χ0n) is 15.9. The van der Waals surface area contributed by atoms with Gasteiger partial charge in [-0.1, -0.05) is 59.1 Å². The highest BCUT2D eigenvalue weighted by molar-refractivity contribution is 6.31. The summed E-state index contributed by atoms with van der Waals surface area (Å²) in [5.74, 6) is 0. The summed E-state index contributed by atoms with van der Waals surface area (Å²) in [7, 11) is 0. The third kappa shape index (κ3) is 4.08. The van der Waals surface area contributed by atoms with E-state index in [-0.39, 0.29) is 11.4 Å². The van der Waals surface area contributed by atoms with Gasteiger partial charge in [0.25, 0.3) is 10.9 Å². The summed E-state index contributed by atoms with van der Waals surface area (Å²) in [6.45, 7) is 2.00. The molecular formula is C23H17Cl2N3O2. The van der Waals surface area contributed by atoms with Crippen LogP contribution in [0, 0.1) is 6.92 Å². The highest BCUT2D eigenvalue weighted by atomic mass is 35.5. The van der Waals surface area contributed by atoms with Crippen molar-refractivity contribution in [1.29, 1.82) is 0 Å². The first-order valence-electron chi connectivity index (χ1n) is 9.23. The largest absolute Gasteiger partial charge is 0.368 e. The second-order valence-electron chi connectivity index (χ2n) is 6.93. The van der Waals surface area contributed by atoms with Gasteiger partial charge in [-0.2, -0.15) is 0 Å². The summed E-state index contributed by atoms with van der Waals surface area (Å²) in [6.07, 6.45) is 1.55. The molecule has 5 nitrogen and oxygen atoms in total. The molecule has 0 aliphatic carbocycles. The maximum absolute atomic E-state index is 12.4. The van der Waals surface area contributed by atoms with E-state index in [1.807, 2.05) is 31.2 Å². The first kappa shape index (κ1) is 20.1. The Morgan fingerprint density at radius 3 is 2.27 bits per heavy atom. The fourth-order valence-corrected chi connectivity index (χ4v) is 3.45. The van der Waals surface area contributed by atoms with Crippen LogP contribution in [0.1, 0.15) is 22.9 Å². The minimum absolute atomic E-state index is 0.202. The second kappa shape index (κ2) is 8.30. The lowest BCUT2D eigenvalue weighted by Crippen LogP contribution is -2.37. The zero-order chi connectivity index (χ0) is 21.3. The van der Waals surface area contributed by atoms with Gasteiger partial charge in [0.05, 0.1) is 16.8 Å². The lowest BCUT2D eigenvalue weighted by molar-refractivity contribution is 0.882. The van der Waals surface area contributed by atoms with E-state index in [1.165, 1.54) is 0 Å². The average Bonchev–Trinajstić information content (AvgIpc) is 2.75. The predicted molar refractivity (Wildman–Crippen MR) is 122 cm³/mol. The van der Waals surface area contributed by atoms with Crippen molar-refractivity contribution in [2.75, 3.05) is 10.6 Å². The van der Waals surface area contributed by atoms with Crippen molar-refractivity contribution in [3.8, 4) is 0 Å². The number of nitrogens with one attached hydrogen (secondary N) is 2. The molecular weight excluding hydrogens is 421 g/mol. The van der Waals surface area contributed by atoms with Crippen molar-refractivity contribution < 1.29 is 0 Å². The van der Waals surface area contributed by atoms with Crippen molar-refractivity contribution in [3.05, 3.63) is 114 Å². The Morgan fingerprint density at radius 2 is 1.60 bits per heavy atom. The molecule has 4 rings (SSSR count). The fraction of sp³-hybridized carbons (Fsp3) is 0.0870. The van der Waals surface area contributed by atoms with Gasteiger partial charge in [0.2, 0.25) is 0 Å². The summed E-state index contributed by atoms with van der Waals surface area (Å²) < 4.78 is 0. The quantitative estimate of drug-likeness (QED) is 0.403. The highest BCUT2D eigenvalue weighted by Gasteiger charge is 2.25. The van der Waals surface area contributed by atoms with Crippen molar-refractivity contribution in [2.24, 2.45) is 0 Å². The number of hydrogen-bond donors (Lipinski definition) is 2. The lowest BCUT2D eigenvalue weighted by atomic mass is 10.0. The molecule has 1 aromatic heterocycles. The van der Waals surface area contributed by atoms with E-state index < -0.39 is 16.9 Å². The number of rotatable bonds is 6. The minimum atomic E-state index is -0.579. The summed E-state index contributed by atoms with van der Waals surface area (Å²) in [5, 5.41) is 7.23. The first-order chi connectivity index (χ1) is 14.4. The predicted octanol–water partition coefficient (Wildman–Crippen LogP) is 5.24. The number of hydrogen-bond acceptors (Lipinski definition) is 5. The van der Waals surface area contributed by atoms with Gasteiger partial charge in [0.1, 0.15) is 11.4 Å². The van der Waals surface area contributed by atoms with Crippen LogP contribution in [-0.4, -0.2) is 4.98 Å². The van der Waals surface area contributed by atoms with Crippen LogP contribution in [0.5, 0.6) is 0 Å². The monoisotopic (exact) mass is 437 g/mol. The Morgan fingerprint density at radius 1 is 0.867 bits per heavy atom. The molecule has 0 radical (unpaired) electrons. The molecule has 7 heteroatoms. The van der Waals surface area contributed by atoms with Gasteiger partial charge in [-0.05, 0) is 42.8 Å². The fourth-order valence-electron chi connectivity index (χ4n) is 3.15. The summed E-state index contributed by atoms with van der Waals surface area (Å²) in [6, 6.07) is 17.9. The second-order valence-corrected chi connectivity index (χ2v) is 7.81. The molecule has 2 N–H and O–H groups in total. The molecule has 4 aromatic rings. The number of aryl methyl sites for hydroxylation is 1. The topological polar surface area (TPSA) is 71.1 Å². The van der Waals surface area contributed by atoms with Gasteiger partial charge < -0.3 is 10.6 Å². The number of anilines is 3. The number of nitrogens with zero attached hydrogens (tertiary/aromatic N) is 1. The van der Waals surface area contributed by atoms with E-state index in [1.54, 1.807) is 42.6 Å². The molecule has 0 spiro atoms. The molecule has 30 heavy (non-hydrogen) atoms. The molecule has 0 fully saturated rings. The summed E-state index contributed by atoms with van der Waals surface area (Å²) >= 11 is 12.0. The van der Waals surface area contributed by atoms with Gasteiger partial charge in [0.15, 0.2) is 0 Å². The van der Waals surface area contributed by atoms with Crippen LogP contribution in [0.25, 0.3) is 0 Å². The molecule has 150 valence electrons. The van der Waals surface area contributed by atoms with E-state index in [0.717, 1.165) is 11.1 Å². The van der Waals surface area contributed by atoms with Crippen LogP contribution in [0.4, 0.5) is 17.1 Å². The van der Waals surface area contributed by atoms with Crippen LogP contribution in [0.15, 0.2) is 76.4 Å². The molecule has 0 saturated heterocycles. The normalized spacial score (nSPS) is 12.0. The van der Waals surface area contributed by atoms with Gasteiger partial charge in [-0.25, -0.2) is 0 Å². The molecule has 0 aliphatic rings. The first-order valence-corrected chi connectivity index (χ1v) is 9.98. The van der Waals surface area contributed by atoms with E-state index in [0.29, 0.717) is 21.4 Å². The molecule has 1 heterocycles. The van der Waals surface area contributed by atoms with Gasteiger partial charge in [0, 0.05) is 16.9 Å². The van der Waals surface area contributed by atoms with Crippen molar-refractivity contribution >= 4 is 40.3 Å². The van der Waals surface area contributed by atoms with Crippen LogP contribution in [-0.2, 0) is 0 Å². The van der Waals surface area contributed by atoms with E-state index in [4.69, 9.17) is 23.2 Å². The van der Waals surface area contributed by atoms with E-state index in [9.17, 15) is 9.59 Å². The Balaban J connectivity index is 1.71. The van der Waals surface area contributed by atoms with Crippen LogP contribution in [0.3, 0.4) is 0 Å². The Hall–Kier alpha value is -3.15. The standard InChI is InChI=1S/C23H17Cl2N3O2/c1-13-5-7-14(8-6-13)19(18-10-9-16(25)12-26-18)28-21-20(22(29)23(21)30)27-17-4-2-3-15(24)11-17/h2-12,19,27-28H,1H3. The number of benzene rings is 2. The summed E-state index contributed by atoms with van der Waals surface area (Å²) in [4.78, 5) is 29.0. The summed E-state index contributed by atoms with van der Waals surface area (Å²) in [5.41, 5.74) is 2.56. The molecule has 0 aliphatic heterocycles. The Labute approximate surface area is 183 Å². The van der Waals surface area contributed by atoms with Crippen LogP contribution in [0.2, 0.25) is 10.0 Å². The molecule has 1 unspecified atom stereocenters. The molecule has 0 bridgehead atoms. The van der Waals surface area contributed by atoms with E-state index >= 15 is 0 Å². The van der Waals surface area contributed by atoms with Crippen molar-refractivity contribution in [2.45, 2.75) is 13.0 Å². The third-order valence-electron chi connectivity index (χ3n) is 4.75. The average molecular weight is 438 g/mol. The zero-order valence-corrected chi connectivity index (χ0v) is 17.5. The van der Waals surface area contributed by atoms with E-state index in [2.05, 4.69) is 15.6 Å². The van der Waals surface area contributed by atoms with Crippen molar-refractivity contribution in [3.63, 3.8) is 0 Å². The molecule has 1 atom stereocenters. The SMILES string of the molecule is Cc1ccc(C(Nc2c(Nc3cccc(Cl)c3)c(=O)c2=O)c2ccc(Cl)cn2)cc1. The molecule has 3 aromatic carbocycles. The number of aromatic nitrogens is 1. The maximum atomic E-state index is 12.4. The maximum Gasteiger partial charge on any atom is 0.253 e. The van der Waals surface area contributed by atoms with Crippen molar-refractivity contribution in [1.82, 2.24) is 4.98 Å². The third-order valence-corrected chi connectivity index (χ3v) is 5.21. The molecule has 0 amide bonds. The highest BCUT2D eigenvalue weighted by Crippen LogP contribution is 2.30. The van der Waals surface area contributed by atoms with Crippen LogP contribution >= 0.6 is 23.2 Å². The Bertz CT molecular complexity index is 1220. The number of halogens is 2. The smallest absolute Gasteiger partial charge is 0.253 e. The molecule has 0 saturated carbocycles. The van der Waals surface area contributed by atoms with Gasteiger partial charge in [-0.3, -0.25) is 14.6 Å². The Kier molecular flexibility index (Phi) is 5.57.